The van der Waals surface area contributed by atoms with Gasteiger partial charge in [0.15, 0.2) is 0 Å². The summed E-state index contributed by atoms with van der Waals surface area (Å²) in [6.45, 7) is 9.60. The number of hydrogen-bond acceptors (Lipinski definition) is 2. The smallest absolute Gasteiger partial charge is 0.0505 e. The third-order valence-electron chi connectivity index (χ3n) is 3.27. The van der Waals surface area contributed by atoms with Gasteiger partial charge >= 0.3 is 0 Å². The van der Waals surface area contributed by atoms with Crippen molar-refractivity contribution in [3.8, 4) is 0 Å². The molecule has 0 aromatic heterocycles. The van der Waals surface area contributed by atoms with Crippen LogP contribution in [0.25, 0.3) is 0 Å². The molecule has 1 saturated carbocycles. The molecule has 2 nitrogen and oxygen atoms in total. The molecular weight excluding hydrogens is 208 g/mol. The van der Waals surface area contributed by atoms with Crippen LogP contribution in [0.5, 0.6) is 0 Å². The fourth-order valence-corrected chi connectivity index (χ4v) is 2.46. The van der Waals surface area contributed by atoms with E-state index in [4.69, 9.17) is 5.73 Å². The van der Waals surface area contributed by atoms with E-state index in [1.807, 2.05) is 0 Å². The predicted molar refractivity (Wildman–Crippen MR) is 76.4 cm³/mol. The Morgan fingerprint density at radius 1 is 1.29 bits per heavy atom. The summed E-state index contributed by atoms with van der Waals surface area (Å²) >= 11 is 0. The van der Waals surface area contributed by atoms with Gasteiger partial charge in [-0.2, -0.15) is 0 Å². The first-order valence-electron chi connectivity index (χ1n) is 6.96. The van der Waals surface area contributed by atoms with Crippen LogP contribution in [0.15, 0.2) is 16.6 Å². The maximum absolute atomic E-state index is 5.89. The van der Waals surface area contributed by atoms with Crippen molar-refractivity contribution >= 4 is 6.21 Å². The summed E-state index contributed by atoms with van der Waals surface area (Å²) in [6, 6.07) is 0.496. The van der Waals surface area contributed by atoms with Crippen molar-refractivity contribution in [1.82, 2.24) is 0 Å². The average Bonchev–Trinajstić information content (AvgIpc) is 2.26. The molecule has 17 heavy (non-hydrogen) atoms. The molecule has 2 N–H and O–H groups in total. The minimum absolute atomic E-state index is 0.496. The van der Waals surface area contributed by atoms with E-state index >= 15 is 0 Å². The van der Waals surface area contributed by atoms with Gasteiger partial charge < -0.3 is 5.73 Å². The quantitative estimate of drug-likeness (QED) is 0.589. The first-order chi connectivity index (χ1) is 8.02. The van der Waals surface area contributed by atoms with Crippen LogP contribution in [0.4, 0.5) is 0 Å². The zero-order valence-corrected chi connectivity index (χ0v) is 11.8. The normalized spacial score (nSPS) is 28.8. The van der Waals surface area contributed by atoms with Crippen molar-refractivity contribution in [1.29, 1.82) is 0 Å². The zero-order chi connectivity index (χ0) is 12.8. The predicted octanol–water partition coefficient (Wildman–Crippen LogP) is 3.42. The largest absolute Gasteiger partial charge is 0.330 e. The minimum Gasteiger partial charge on any atom is -0.330 e. The van der Waals surface area contributed by atoms with E-state index in [-0.39, 0.29) is 0 Å². The number of nitrogens with two attached hydrogens (primary N) is 1. The van der Waals surface area contributed by atoms with E-state index in [1.54, 1.807) is 5.57 Å². The van der Waals surface area contributed by atoms with Crippen molar-refractivity contribution in [2.45, 2.75) is 53.0 Å². The van der Waals surface area contributed by atoms with Crippen molar-refractivity contribution in [3.63, 3.8) is 0 Å². The van der Waals surface area contributed by atoms with Gasteiger partial charge in [-0.15, -0.1) is 0 Å². The van der Waals surface area contributed by atoms with E-state index in [0.717, 1.165) is 13.0 Å². The monoisotopic (exact) mass is 236 g/mol. The second kappa shape index (κ2) is 6.95. The van der Waals surface area contributed by atoms with Crippen molar-refractivity contribution in [3.05, 3.63) is 11.6 Å². The van der Waals surface area contributed by atoms with Crippen LogP contribution < -0.4 is 5.73 Å². The molecule has 0 aromatic rings. The Morgan fingerprint density at radius 2 is 2.00 bits per heavy atom. The van der Waals surface area contributed by atoms with Crippen LogP contribution in [0.1, 0.15) is 47.0 Å². The Kier molecular flexibility index (Phi) is 5.90. The average molecular weight is 236 g/mol. The number of nitrogens with zero attached hydrogens (tertiary/aromatic N) is 1. The molecule has 0 aliphatic heterocycles. The Labute approximate surface area is 106 Å². The standard InChI is InChI=1S/C15H28N2/c1-11(2)7-13-5-6-15(8-14(13)9-16)17-10-12(3)4/h7,10-12,14-15H,5-6,8-9,16H2,1-4H3. The van der Waals surface area contributed by atoms with Crippen molar-refractivity contribution < 1.29 is 0 Å². The lowest BCUT2D eigenvalue weighted by atomic mass is 9.80. The lowest BCUT2D eigenvalue weighted by Gasteiger charge is -2.29. The summed E-state index contributed by atoms with van der Waals surface area (Å²) in [5.41, 5.74) is 7.46. The highest BCUT2D eigenvalue weighted by Gasteiger charge is 2.24. The molecular formula is C15H28N2. The molecule has 0 bridgehead atoms. The highest BCUT2D eigenvalue weighted by Crippen LogP contribution is 2.31. The summed E-state index contributed by atoms with van der Waals surface area (Å²) in [5, 5.41) is 0. The van der Waals surface area contributed by atoms with E-state index < -0.39 is 0 Å². The highest BCUT2D eigenvalue weighted by molar-refractivity contribution is 5.59. The van der Waals surface area contributed by atoms with Crippen LogP contribution in [0, 0.1) is 17.8 Å². The molecule has 1 aliphatic carbocycles. The fraction of sp³-hybridized carbons (Fsp3) is 0.800. The molecule has 2 atom stereocenters. The Balaban J connectivity index is 2.60. The van der Waals surface area contributed by atoms with Gasteiger partial charge in [0.1, 0.15) is 0 Å². The second-order valence-corrected chi connectivity index (χ2v) is 5.89. The molecule has 0 radical (unpaired) electrons. The Hall–Kier alpha value is -0.630. The third-order valence-corrected chi connectivity index (χ3v) is 3.27. The molecule has 0 heterocycles. The van der Waals surface area contributed by atoms with Gasteiger partial charge in [0.25, 0.3) is 0 Å². The topological polar surface area (TPSA) is 38.4 Å². The summed E-state index contributed by atoms with van der Waals surface area (Å²) in [4.78, 5) is 4.69. The van der Waals surface area contributed by atoms with Gasteiger partial charge in [0.2, 0.25) is 0 Å². The molecule has 0 aromatic carbocycles. The summed E-state index contributed by atoms with van der Waals surface area (Å²) in [5.74, 6) is 1.74. The number of rotatable bonds is 4. The van der Waals surface area contributed by atoms with Crippen LogP contribution in [-0.2, 0) is 0 Å². The molecule has 2 unspecified atom stereocenters. The SMILES string of the molecule is CC(C)C=NC1CCC(=CC(C)C)C(CN)C1. The van der Waals surface area contributed by atoms with Crippen molar-refractivity contribution in [2.24, 2.45) is 28.5 Å². The van der Waals surface area contributed by atoms with E-state index in [2.05, 4.69) is 45.0 Å². The number of hydrogen-bond donors (Lipinski definition) is 1. The second-order valence-electron chi connectivity index (χ2n) is 5.89. The molecule has 2 heteroatoms. The highest BCUT2D eigenvalue weighted by atomic mass is 14.8. The lowest BCUT2D eigenvalue weighted by Crippen LogP contribution is -2.27. The Bertz CT molecular complexity index is 277. The maximum atomic E-state index is 5.89. The van der Waals surface area contributed by atoms with Crippen molar-refractivity contribution in [2.75, 3.05) is 6.54 Å². The van der Waals surface area contributed by atoms with Gasteiger partial charge in [-0.3, -0.25) is 4.99 Å². The van der Waals surface area contributed by atoms with Gasteiger partial charge in [-0.1, -0.05) is 39.3 Å². The van der Waals surface area contributed by atoms with Gasteiger partial charge in [0, 0.05) is 6.21 Å². The zero-order valence-electron chi connectivity index (χ0n) is 11.8. The minimum atomic E-state index is 0.496. The van der Waals surface area contributed by atoms with Gasteiger partial charge in [-0.05, 0) is 43.6 Å². The summed E-state index contributed by atoms with van der Waals surface area (Å²) in [6.07, 6.45) is 8.01. The van der Waals surface area contributed by atoms with Crippen LogP contribution >= 0.6 is 0 Å². The van der Waals surface area contributed by atoms with E-state index in [0.29, 0.717) is 23.8 Å². The van der Waals surface area contributed by atoms with E-state index in [9.17, 15) is 0 Å². The molecule has 0 amide bonds. The van der Waals surface area contributed by atoms with Crippen LogP contribution in [0.2, 0.25) is 0 Å². The molecule has 1 rings (SSSR count). The van der Waals surface area contributed by atoms with E-state index in [1.165, 1.54) is 12.8 Å². The number of allylic oxidation sites excluding steroid dienone is 1. The lowest BCUT2D eigenvalue weighted by molar-refractivity contribution is 0.407. The molecule has 98 valence electrons. The van der Waals surface area contributed by atoms with Gasteiger partial charge in [-0.25, -0.2) is 0 Å². The molecule has 0 saturated heterocycles. The van der Waals surface area contributed by atoms with Gasteiger partial charge in [0.05, 0.1) is 6.04 Å². The third kappa shape index (κ3) is 5.03. The fourth-order valence-electron chi connectivity index (χ4n) is 2.46. The molecule has 1 fully saturated rings. The van der Waals surface area contributed by atoms with Crippen LogP contribution in [-0.4, -0.2) is 18.8 Å². The maximum Gasteiger partial charge on any atom is 0.0505 e. The Morgan fingerprint density at radius 3 is 2.53 bits per heavy atom. The summed E-state index contributed by atoms with van der Waals surface area (Å²) in [7, 11) is 0. The summed E-state index contributed by atoms with van der Waals surface area (Å²) < 4.78 is 0. The number of aliphatic imine (C=N–C) groups is 1. The molecule has 0 spiro atoms. The first kappa shape index (κ1) is 14.4. The van der Waals surface area contributed by atoms with Crippen LogP contribution in [0.3, 0.4) is 0 Å². The molecule has 1 aliphatic rings. The first-order valence-corrected chi connectivity index (χ1v) is 6.96.